The van der Waals surface area contributed by atoms with Crippen molar-refractivity contribution in [1.29, 1.82) is 0 Å². The number of hydrogen-bond donors (Lipinski definition) is 1. The summed E-state index contributed by atoms with van der Waals surface area (Å²) in [5.74, 6) is 0. The third-order valence-electron chi connectivity index (χ3n) is 3.97. The van der Waals surface area contributed by atoms with Crippen molar-refractivity contribution in [3.63, 3.8) is 0 Å². The zero-order valence-corrected chi connectivity index (χ0v) is 13.8. The van der Waals surface area contributed by atoms with Gasteiger partial charge in [-0.25, -0.2) is 0 Å². The summed E-state index contributed by atoms with van der Waals surface area (Å²) in [4.78, 5) is 4.70. The number of rotatable bonds is 5. The molecule has 0 fully saturated rings. The summed E-state index contributed by atoms with van der Waals surface area (Å²) in [5.41, 5.74) is 7.74. The largest absolute Gasteiger partial charge is 0.309 e. The molecule has 2 heteroatoms. The lowest BCUT2D eigenvalue weighted by molar-refractivity contribution is 0.533. The fraction of sp³-hybridized carbons (Fsp3) is 0.421. The summed E-state index contributed by atoms with van der Waals surface area (Å²) in [6.45, 7) is 11.7. The second-order valence-electron chi connectivity index (χ2n) is 5.90. The Hall–Kier alpha value is -1.67. The van der Waals surface area contributed by atoms with E-state index in [0.29, 0.717) is 0 Å². The molecule has 2 rings (SSSR count). The lowest BCUT2D eigenvalue weighted by Crippen LogP contribution is -2.24. The molecular weight excluding hydrogens is 256 g/mol. The van der Waals surface area contributed by atoms with Gasteiger partial charge in [0.1, 0.15) is 0 Å². The molecule has 1 aromatic carbocycles. The van der Waals surface area contributed by atoms with Crippen molar-refractivity contribution < 1.29 is 0 Å². The molecule has 2 aromatic rings. The lowest BCUT2D eigenvalue weighted by Gasteiger charge is -2.21. The minimum absolute atomic E-state index is 0.273. The molecule has 0 amide bonds. The first-order chi connectivity index (χ1) is 10.0. The summed E-state index contributed by atoms with van der Waals surface area (Å²) in [7, 11) is 0. The van der Waals surface area contributed by atoms with E-state index in [-0.39, 0.29) is 6.04 Å². The van der Waals surface area contributed by atoms with E-state index in [0.717, 1.165) is 24.4 Å². The summed E-state index contributed by atoms with van der Waals surface area (Å²) < 4.78 is 0. The van der Waals surface area contributed by atoms with Gasteiger partial charge >= 0.3 is 0 Å². The van der Waals surface area contributed by atoms with Crippen LogP contribution in [0.25, 0.3) is 0 Å². The predicted molar refractivity (Wildman–Crippen MR) is 89.7 cm³/mol. The van der Waals surface area contributed by atoms with Crippen molar-refractivity contribution in [2.75, 3.05) is 6.54 Å². The van der Waals surface area contributed by atoms with E-state index in [1.165, 1.54) is 22.3 Å². The highest BCUT2D eigenvalue weighted by Gasteiger charge is 2.15. The van der Waals surface area contributed by atoms with Gasteiger partial charge < -0.3 is 5.32 Å². The van der Waals surface area contributed by atoms with Crippen molar-refractivity contribution in [3.05, 3.63) is 64.0 Å². The molecule has 21 heavy (non-hydrogen) atoms. The number of aryl methyl sites for hydroxylation is 4. The Morgan fingerprint density at radius 2 is 1.71 bits per heavy atom. The van der Waals surface area contributed by atoms with E-state index in [9.17, 15) is 0 Å². The average molecular weight is 282 g/mol. The van der Waals surface area contributed by atoms with Gasteiger partial charge in [0.2, 0.25) is 0 Å². The Bertz CT molecular complexity index is 594. The molecule has 0 saturated heterocycles. The van der Waals surface area contributed by atoms with Crippen LogP contribution in [0.1, 0.15) is 46.6 Å². The van der Waals surface area contributed by atoms with E-state index in [1.807, 2.05) is 0 Å². The molecule has 1 atom stereocenters. The topological polar surface area (TPSA) is 24.9 Å². The maximum Gasteiger partial charge on any atom is 0.0579 e. The maximum absolute atomic E-state index is 4.70. The first-order valence-electron chi connectivity index (χ1n) is 7.75. The number of likely N-dealkylation sites (N-methyl/N-ethyl adjacent to an activating group) is 1. The van der Waals surface area contributed by atoms with Crippen LogP contribution < -0.4 is 5.32 Å². The Morgan fingerprint density at radius 1 is 1.05 bits per heavy atom. The molecule has 2 nitrogen and oxygen atoms in total. The van der Waals surface area contributed by atoms with Crippen molar-refractivity contribution >= 4 is 0 Å². The molecule has 0 saturated carbocycles. The van der Waals surface area contributed by atoms with Crippen molar-refractivity contribution in [2.24, 2.45) is 0 Å². The quantitative estimate of drug-likeness (QED) is 0.888. The zero-order valence-electron chi connectivity index (χ0n) is 13.8. The molecule has 0 bridgehead atoms. The van der Waals surface area contributed by atoms with E-state index in [2.05, 4.69) is 70.3 Å². The van der Waals surface area contributed by atoms with Gasteiger partial charge in [0.05, 0.1) is 11.7 Å². The van der Waals surface area contributed by atoms with Crippen molar-refractivity contribution in [2.45, 2.75) is 47.1 Å². The maximum atomic E-state index is 4.70. The summed E-state index contributed by atoms with van der Waals surface area (Å²) in [6, 6.07) is 11.1. The summed E-state index contributed by atoms with van der Waals surface area (Å²) in [5, 5.41) is 3.58. The first kappa shape index (κ1) is 15.7. The van der Waals surface area contributed by atoms with Crippen LogP contribution in [-0.2, 0) is 6.42 Å². The number of nitrogens with zero attached hydrogens (tertiary/aromatic N) is 1. The van der Waals surface area contributed by atoms with Gasteiger partial charge in [-0.3, -0.25) is 4.98 Å². The van der Waals surface area contributed by atoms with Crippen molar-refractivity contribution in [1.82, 2.24) is 10.3 Å². The zero-order chi connectivity index (χ0) is 15.4. The van der Waals surface area contributed by atoms with Crippen molar-refractivity contribution in [3.8, 4) is 0 Å². The van der Waals surface area contributed by atoms with E-state index >= 15 is 0 Å². The van der Waals surface area contributed by atoms with Gasteiger partial charge in [0, 0.05) is 5.69 Å². The highest BCUT2D eigenvalue weighted by atomic mass is 14.9. The third-order valence-corrected chi connectivity index (χ3v) is 3.97. The third kappa shape index (κ3) is 3.92. The second-order valence-corrected chi connectivity index (χ2v) is 5.90. The van der Waals surface area contributed by atoms with Gasteiger partial charge in [-0.1, -0.05) is 30.7 Å². The Morgan fingerprint density at radius 3 is 2.29 bits per heavy atom. The smallest absolute Gasteiger partial charge is 0.0579 e. The molecule has 112 valence electrons. The SMILES string of the molecule is CCNC(Cc1c(C)cc(C)cc1C)c1cccc(C)n1. The fourth-order valence-corrected chi connectivity index (χ4v) is 3.02. The monoisotopic (exact) mass is 282 g/mol. The van der Waals surface area contributed by atoms with Crippen LogP contribution in [0.15, 0.2) is 30.3 Å². The first-order valence-corrected chi connectivity index (χ1v) is 7.75. The molecule has 0 aliphatic carbocycles. The molecule has 1 unspecified atom stereocenters. The molecule has 1 heterocycles. The number of hydrogen-bond acceptors (Lipinski definition) is 2. The van der Waals surface area contributed by atoms with Crippen LogP contribution in [0.4, 0.5) is 0 Å². The van der Waals surface area contributed by atoms with Crippen LogP contribution in [0.5, 0.6) is 0 Å². The summed E-state index contributed by atoms with van der Waals surface area (Å²) >= 11 is 0. The highest BCUT2D eigenvalue weighted by molar-refractivity contribution is 5.38. The van der Waals surface area contributed by atoms with E-state index < -0.39 is 0 Å². The Balaban J connectivity index is 2.33. The average Bonchev–Trinajstić information content (AvgIpc) is 2.41. The number of pyridine rings is 1. The normalized spacial score (nSPS) is 12.4. The highest BCUT2D eigenvalue weighted by Crippen LogP contribution is 2.23. The molecule has 0 radical (unpaired) electrons. The van der Waals surface area contributed by atoms with Crippen LogP contribution >= 0.6 is 0 Å². The molecule has 1 N–H and O–H groups in total. The molecule has 0 spiro atoms. The Labute approximate surface area is 128 Å². The second kappa shape index (κ2) is 6.86. The van der Waals surface area contributed by atoms with Gasteiger partial charge in [0.25, 0.3) is 0 Å². The predicted octanol–water partition coefficient (Wildman–Crippen LogP) is 4.21. The van der Waals surface area contributed by atoms with Gasteiger partial charge in [-0.05, 0) is 69.5 Å². The van der Waals surface area contributed by atoms with Gasteiger partial charge in [0.15, 0.2) is 0 Å². The molecule has 0 aliphatic heterocycles. The van der Waals surface area contributed by atoms with Crippen LogP contribution in [0, 0.1) is 27.7 Å². The lowest BCUT2D eigenvalue weighted by atomic mass is 9.93. The molecular formula is C19H26N2. The minimum Gasteiger partial charge on any atom is -0.309 e. The molecule has 1 aromatic heterocycles. The number of benzene rings is 1. The van der Waals surface area contributed by atoms with E-state index in [4.69, 9.17) is 4.98 Å². The van der Waals surface area contributed by atoms with E-state index in [1.54, 1.807) is 0 Å². The standard InChI is InChI=1S/C19H26N2/c1-6-20-19(18-9-7-8-16(5)21-18)12-17-14(3)10-13(2)11-15(17)4/h7-11,19-20H,6,12H2,1-5H3. The number of nitrogens with one attached hydrogen (secondary N) is 1. The van der Waals surface area contributed by atoms with Gasteiger partial charge in [-0.2, -0.15) is 0 Å². The minimum atomic E-state index is 0.273. The number of aromatic nitrogens is 1. The van der Waals surface area contributed by atoms with Crippen LogP contribution in [0.3, 0.4) is 0 Å². The fourth-order valence-electron chi connectivity index (χ4n) is 3.02. The van der Waals surface area contributed by atoms with Crippen LogP contribution in [-0.4, -0.2) is 11.5 Å². The Kier molecular flexibility index (Phi) is 5.13. The summed E-state index contributed by atoms with van der Waals surface area (Å²) in [6.07, 6.45) is 0.988. The molecule has 0 aliphatic rings. The van der Waals surface area contributed by atoms with Gasteiger partial charge in [-0.15, -0.1) is 0 Å². The van der Waals surface area contributed by atoms with Crippen LogP contribution in [0.2, 0.25) is 0 Å².